The van der Waals surface area contributed by atoms with Crippen molar-refractivity contribution in [1.29, 1.82) is 0 Å². The maximum Gasteiger partial charge on any atom is 0.271 e. The lowest BCUT2D eigenvalue weighted by Gasteiger charge is -2.40. The third-order valence-electron chi connectivity index (χ3n) is 5.28. The largest absolute Gasteiger partial charge is 0.454 e. The predicted molar refractivity (Wildman–Crippen MR) is 102 cm³/mol. The highest BCUT2D eigenvalue weighted by atomic mass is 16.7. The van der Waals surface area contributed by atoms with E-state index >= 15 is 0 Å². The molecular weight excluding hydrogens is 360 g/mol. The van der Waals surface area contributed by atoms with Crippen LogP contribution in [0.5, 0.6) is 11.5 Å². The molecule has 1 atom stereocenters. The number of fused-ring (bicyclic) bond motifs is 1. The fraction of sp³-hybridized carbons (Fsp3) is 0.400. The van der Waals surface area contributed by atoms with Crippen LogP contribution < -0.4 is 14.8 Å². The Bertz CT molecular complexity index is 894. The second kappa shape index (κ2) is 7.55. The molecule has 28 heavy (non-hydrogen) atoms. The van der Waals surface area contributed by atoms with Crippen molar-refractivity contribution in [3.05, 3.63) is 47.8 Å². The van der Waals surface area contributed by atoms with Gasteiger partial charge in [-0.1, -0.05) is 6.07 Å². The number of aromatic nitrogens is 1. The van der Waals surface area contributed by atoms with Crippen molar-refractivity contribution in [2.75, 3.05) is 33.5 Å². The number of hydrogen-bond donors (Lipinski definition) is 1. The molecule has 2 aromatic rings. The number of nitrogens with one attached hydrogen (secondary N) is 1. The van der Waals surface area contributed by atoms with Crippen LogP contribution in [0.25, 0.3) is 0 Å². The second-order valence-electron chi connectivity index (χ2n) is 7.06. The third kappa shape index (κ3) is 3.43. The summed E-state index contributed by atoms with van der Waals surface area (Å²) in [6.07, 6.45) is 1.83. The minimum absolute atomic E-state index is 0.121. The molecule has 0 bridgehead atoms. The first kappa shape index (κ1) is 18.4. The SMILES string of the molecule is CNC(=O)C1CN(Cc2ccc3c(c2)OCO3)CCN1C(=O)c1cccn1C. The van der Waals surface area contributed by atoms with Gasteiger partial charge in [0.05, 0.1) is 0 Å². The molecule has 0 spiro atoms. The molecule has 2 aliphatic rings. The van der Waals surface area contributed by atoms with Gasteiger partial charge in [0.1, 0.15) is 11.7 Å². The molecule has 0 radical (unpaired) electrons. The molecule has 1 fully saturated rings. The monoisotopic (exact) mass is 384 g/mol. The highest BCUT2D eigenvalue weighted by molar-refractivity contribution is 5.96. The predicted octanol–water partition coefficient (Wildman–Crippen LogP) is 0.826. The summed E-state index contributed by atoms with van der Waals surface area (Å²) in [6, 6.07) is 8.96. The van der Waals surface area contributed by atoms with Crippen molar-refractivity contribution in [3.63, 3.8) is 0 Å². The fourth-order valence-electron chi connectivity index (χ4n) is 3.75. The zero-order valence-corrected chi connectivity index (χ0v) is 16.1. The molecule has 3 heterocycles. The fourth-order valence-corrected chi connectivity index (χ4v) is 3.75. The van der Waals surface area contributed by atoms with Gasteiger partial charge in [0, 0.05) is 46.5 Å². The molecular formula is C20H24N4O4. The van der Waals surface area contributed by atoms with Gasteiger partial charge in [0.25, 0.3) is 5.91 Å². The summed E-state index contributed by atoms with van der Waals surface area (Å²) < 4.78 is 12.6. The Labute approximate surface area is 163 Å². The van der Waals surface area contributed by atoms with E-state index in [0.717, 1.165) is 17.1 Å². The van der Waals surface area contributed by atoms with Crippen LogP contribution in [0.4, 0.5) is 0 Å². The van der Waals surface area contributed by atoms with Gasteiger partial charge in [-0.05, 0) is 29.8 Å². The second-order valence-corrected chi connectivity index (χ2v) is 7.06. The van der Waals surface area contributed by atoms with Gasteiger partial charge in [-0.3, -0.25) is 14.5 Å². The Morgan fingerprint density at radius 3 is 2.75 bits per heavy atom. The highest BCUT2D eigenvalue weighted by Gasteiger charge is 2.36. The Morgan fingerprint density at radius 1 is 1.18 bits per heavy atom. The molecule has 8 heteroatoms. The summed E-state index contributed by atoms with van der Waals surface area (Å²) in [5.41, 5.74) is 1.67. The van der Waals surface area contributed by atoms with Crippen LogP contribution in [-0.4, -0.2) is 65.7 Å². The summed E-state index contributed by atoms with van der Waals surface area (Å²) in [6.45, 7) is 2.59. The lowest BCUT2D eigenvalue weighted by atomic mass is 10.1. The van der Waals surface area contributed by atoms with Gasteiger partial charge in [0.2, 0.25) is 12.7 Å². The lowest BCUT2D eigenvalue weighted by molar-refractivity contribution is -0.127. The van der Waals surface area contributed by atoms with Gasteiger partial charge in [0.15, 0.2) is 11.5 Å². The van der Waals surface area contributed by atoms with Gasteiger partial charge < -0.3 is 24.3 Å². The number of aryl methyl sites for hydroxylation is 1. The zero-order valence-electron chi connectivity index (χ0n) is 16.1. The smallest absolute Gasteiger partial charge is 0.271 e. The van der Waals surface area contributed by atoms with Crippen molar-refractivity contribution in [2.24, 2.45) is 7.05 Å². The molecule has 1 aromatic carbocycles. The number of likely N-dealkylation sites (N-methyl/N-ethyl adjacent to an activating group) is 1. The Morgan fingerprint density at radius 2 is 2.00 bits per heavy atom. The summed E-state index contributed by atoms with van der Waals surface area (Å²) in [4.78, 5) is 29.4. The highest BCUT2D eigenvalue weighted by Crippen LogP contribution is 2.33. The van der Waals surface area contributed by atoms with Gasteiger partial charge in [-0.25, -0.2) is 0 Å². The van der Waals surface area contributed by atoms with Crippen molar-refractivity contribution in [3.8, 4) is 11.5 Å². The van der Waals surface area contributed by atoms with Crippen molar-refractivity contribution >= 4 is 11.8 Å². The molecule has 8 nitrogen and oxygen atoms in total. The van der Waals surface area contributed by atoms with Gasteiger partial charge in [-0.2, -0.15) is 0 Å². The van der Waals surface area contributed by atoms with Crippen molar-refractivity contribution in [1.82, 2.24) is 19.7 Å². The van der Waals surface area contributed by atoms with E-state index in [1.165, 1.54) is 0 Å². The molecule has 4 rings (SSSR count). The van der Waals surface area contributed by atoms with E-state index in [2.05, 4.69) is 10.2 Å². The van der Waals surface area contributed by atoms with Crippen LogP contribution >= 0.6 is 0 Å². The normalized spacial score (nSPS) is 18.9. The van der Waals surface area contributed by atoms with E-state index in [1.54, 1.807) is 22.6 Å². The summed E-state index contributed by atoms with van der Waals surface area (Å²) in [5.74, 6) is 1.23. The topological polar surface area (TPSA) is 76.0 Å². The number of piperazine rings is 1. The van der Waals surface area contributed by atoms with Crippen molar-refractivity contribution < 1.29 is 19.1 Å². The van der Waals surface area contributed by atoms with E-state index < -0.39 is 6.04 Å². The van der Waals surface area contributed by atoms with Gasteiger partial charge >= 0.3 is 0 Å². The molecule has 1 saturated heterocycles. The number of hydrogen-bond acceptors (Lipinski definition) is 5. The summed E-state index contributed by atoms with van der Waals surface area (Å²) >= 11 is 0. The zero-order chi connectivity index (χ0) is 19.7. The molecule has 1 aromatic heterocycles. The molecule has 0 aliphatic carbocycles. The van der Waals surface area contributed by atoms with E-state index in [4.69, 9.17) is 9.47 Å². The number of ether oxygens (including phenoxy) is 2. The van der Waals surface area contributed by atoms with Crippen LogP contribution in [0.3, 0.4) is 0 Å². The first-order valence-electron chi connectivity index (χ1n) is 9.31. The van der Waals surface area contributed by atoms with Crippen LogP contribution in [0.1, 0.15) is 16.1 Å². The number of amides is 2. The summed E-state index contributed by atoms with van der Waals surface area (Å²) in [7, 11) is 3.43. The molecule has 2 amide bonds. The van der Waals surface area contributed by atoms with Crippen LogP contribution in [0.15, 0.2) is 36.5 Å². The average molecular weight is 384 g/mol. The minimum Gasteiger partial charge on any atom is -0.454 e. The minimum atomic E-state index is -0.532. The van der Waals surface area contributed by atoms with Crippen LogP contribution in [0, 0.1) is 0 Å². The lowest BCUT2D eigenvalue weighted by Crippen LogP contribution is -2.60. The molecule has 1 N–H and O–H groups in total. The van der Waals surface area contributed by atoms with E-state index in [0.29, 0.717) is 31.9 Å². The Kier molecular flexibility index (Phi) is 4.95. The molecule has 1 unspecified atom stereocenters. The Hall–Kier alpha value is -3.00. The standard InChI is InChI=1S/C20H24N4O4/c1-21-19(25)16-12-23(11-14-5-6-17-18(10-14)28-13-27-17)8-9-24(16)20(26)15-4-3-7-22(15)2/h3-7,10,16H,8-9,11-13H2,1-2H3,(H,21,25). The number of carbonyl (C=O) groups excluding carboxylic acids is 2. The van der Waals surface area contributed by atoms with Crippen LogP contribution in [-0.2, 0) is 18.4 Å². The maximum absolute atomic E-state index is 13.0. The van der Waals surface area contributed by atoms with Gasteiger partial charge in [-0.15, -0.1) is 0 Å². The first-order valence-corrected chi connectivity index (χ1v) is 9.31. The van der Waals surface area contributed by atoms with E-state index in [-0.39, 0.29) is 18.6 Å². The average Bonchev–Trinajstić information content (AvgIpc) is 3.35. The molecule has 0 saturated carbocycles. The molecule has 148 valence electrons. The number of carbonyl (C=O) groups is 2. The number of nitrogens with zero attached hydrogens (tertiary/aromatic N) is 3. The number of benzene rings is 1. The van der Waals surface area contributed by atoms with E-state index in [1.807, 2.05) is 37.5 Å². The quantitative estimate of drug-likeness (QED) is 0.845. The van der Waals surface area contributed by atoms with Crippen LogP contribution in [0.2, 0.25) is 0 Å². The van der Waals surface area contributed by atoms with E-state index in [9.17, 15) is 9.59 Å². The third-order valence-corrected chi connectivity index (χ3v) is 5.28. The van der Waals surface area contributed by atoms with Crippen molar-refractivity contribution in [2.45, 2.75) is 12.6 Å². The number of rotatable bonds is 4. The first-order chi connectivity index (χ1) is 13.6. The molecule has 2 aliphatic heterocycles. The maximum atomic E-state index is 13.0. The Balaban J connectivity index is 1.49. The summed E-state index contributed by atoms with van der Waals surface area (Å²) in [5, 5.41) is 2.70.